The molecule has 0 aliphatic carbocycles. The van der Waals surface area contributed by atoms with E-state index in [1.165, 1.54) is 24.3 Å². The van der Waals surface area contributed by atoms with Gasteiger partial charge in [-0.25, -0.2) is 13.8 Å². The van der Waals surface area contributed by atoms with Crippen LogP contribution in [0.5, 0.6) is 5.75 Å². The van der Waals surface area contributed by atoms with Gasteiger partial charge in [-0.05, 0) is 60.9 Å². The van der Waals surface area contributed by atoms with Crippen LogP contribution < -0.4 is 5.32 Å². The fourth-order valence-corrected chi connectivity index (χ4v) is 4.18. The Balaban J connectivity index is 1.64. The average Bonchev–Trinajstić information content (AvgIpc) is 3.17. The van der Waals surface area contributed by atoms with Crippen LogP contribution in [0.4, 0.5) is 14.6 Å². The molecule has 0 bridgehead atoms. The molecule has 1 aliphatic heterocycles. The molecule has 0 saturated carbocycles. The van der Waals surface area contributed by atoms with Crippen LogP contribution in [-0.2, 0) is 4.79 Å². The summed E-state index contributed by atoms with van der Waals surface area (Å²) in [5.41, 5.74) is 0.961. The third-order valence-electron chi connectivity index (χ3n) is 5.39. The van der Waals surface area contributed by atoms with Crippen LogP contribution in [0, 0.1) is 11.6 Å². The number of likely N-dealkylation sites (tertiary alicyclic amines) is 1. The number of phenols is 1. The summed E-state index contributed by atoms with van der Waals surface area (Å²) in [6, 6.07) is 11.8. The fraction of sp³-hybridized carbons (Fsp3) is 0.250. The zero-order chi connectivity index (χ0) is 22.7. The number of nitrogens with zero attached hydrogens (tertiary/aromatic N) is 2. The fourth-order valence-electron chi connectivity index (χ4n) is 3.82. The highest BCUT2D eigenvalue weighted by Crippen LogP contribution is 2.35. The van der Waals surface area contributed by atoms with Crippen molar-refractivity contribution in [3.05, 3.63) is 64.6 Å². The highest BCUT2D eigenvalue weighted by molar-refractivity contribution is 9.10. The maximum Gasteiger partial charge on any atom is 0.222 e. The molecule has 0 radical (unpaired) electrons. The van der Waals surface area contributed by atoms with E-state index in [-0.39, 0.29) is 17.2 Å². The Kier molecular flexibility index (Phi) is 6.69. The Morgan fingerprint density at radius 2 is 1.91 bits per heavy atom. The van der Waals surface area contributed by atoms with E-state index < -0.39 is 11.6 Å². The van der Waals surface area contributed by atoms with E-state index in [0.717, 1.165) is 17.4 Å². The molecule has 1 aromatic heterocycles. The Labute approximate surface area is 193 Å². The molecule has 2 aromatic carbocycles. The predicted molar refractivity (Wildman–Crippen MR) is 123 cm³/mol. The van der Waals surface area contributed by atoms with Crippen LogP contribution in [-0.4, -0.2) is 40.5 Å². The lowest BCUT2D eigenvalue weighted by Gasteiger charge is -2.16. The molecule has 1 aliphatic rings. The molecule has 166 valence electrons. The van der Waals surface area contributed by atoms with Crippen LogP contribution in [0.3, 0.4) is 0 Å². The number of carbonyl (C=O) groups excluding carboxylic acids is 1. The Bertz CT molecular complexity index is 1140. The van der Waals surface area contributed by atoms with E-state index in [0.29, 0.717) is 48.6 Å². The SMILES string of the molecule is O=C1CCCN1CCCNc1cc(-c2c(F)cccc2F)cc(-c2cc(Br)ccc2O)n1. The molecule has 0 spiro atoms. The number of aromatic nitrogens is 1. The molecule has 3 aromatic rings. The van der Waals surface area contributed by atoms with Crippen molar-refractivity contribution in [2.45, 2.75) is 19.3 Å². The van der Waals surface area contributed by atoms with Gasteiger partial charge in [0, 0.05) is 36.1 Å². The first-order chi connectivity index (χ1) is 15.4. The van der Waals surface area contributed by atoms with Gasteiger partial charge in [0.2, 0.25) is 5.91 Å². The Morgan fingerprint density at radius 3 is 2.62 bits per heavy atom. The summed E-state index contributed by atoms with van der Waals surface area (Å²) in [6.45, 7) is 1.96. The normalized spacial score (nSPS) is 13.6. The number of nitrogens with one attached hydrogen (secondary N) is 1. The first-order valence-corrected chi connectivity index (χ1v) is 11.2. The standard InChI is InChI=1S/C24H22BrF2N3O2/c25-16-7-8-21(31)17(14-16)20-12-15(24-18(26)4-1-5-19(24)27)13-22(29-20)28-9-3-11-30-10-2-6-23(30)32/h1,4-5,7-8,12-14,31H,2-3,6,9-11H2,(H,28,29). The lowest BCUT2D eigenvalue weighted by Crippen LogP contribution is -2.27. The van der Waals surface area contributed by atoms with Gasteiger partial charge >= 0.3 is 0 Å². The van der Waals surface area contributed by atoms with Gasteiger partial charge in [-0.3, -0.25) is 4.79 Å². The number of amides is 1. The second-order valence-corrected chi connectivity index (χ2v) is 8.56. The largest absolute Gasteiger partial charge is 0.507 e. The zero-order valence-electron chi connectivity index (χ0n) is 17.2. The van der Waals surface area contributed by atoms with Gasteiger partial charge in [-0.15, -0.1) is 0 Å². The van der Waals surface area contributed by atoms with Gasteiger partial charge in [0.15, 0.2) is 0 Å². The van der Waals surface area contributed by atoms with Crippen LogP contribution in [0.25, 0.3) is 22.4 Å². The first-order valence-electron chi connectivity index (χ1n) is 10.4. The van der Waals surface area contributed by atoms with Crippen LogP contribution in [0.1, 0.15) is 19.3 Å². The predicted octanol–water partition coefficient (Wildman–Crippen LogP) is 5.59. The smallest absolute Gasteiger partial charge is 0.222 e. The van der Waals surface area contributed by atoms with E-state index in [1.807, 2.05) is 4.90 Å². The third kappa shape index (κ3) is 4.91. The van der Waals surface area contributed by atoms with Gasteiger partial charge < -0.3 is 15.3 Å². The van der Waals surface area contributed by atoms with Gasteiger partial charge in [-0.2, -0.15) is 0 Å². The molecule has 4 rings (SSSR count). The number of hydrogen-bond acceptors (Lipinski definition) is 4. The lowest BCUT2D eigenvalue weighted by molar-refractivity contribution is -0.127. The van der Waals surface area contributed by atoms with Gasteiger partial charge in [0.25, 0.3) is 0 Å². The van der Waals surface area contributed by atoms with Crippen molar-refractivity contribution in [1.29, 1.82) is 0 Å². The average molecular weight is 502 g/mol. The van der Waals surface area contributed by atoms with Crippen molar-refractivity contribution in [2.75, 3.05) is 25.0 Å². The molecule has 0 unspecified atom stereocenters. The molecule has 2 N–H and O–H groups in total. The maximum atomic E-state index is 14.5. The van der Waals surface area contributed by atoms with Gasteiger partial charge in [0.05, 0.1) is 11.3 Å². The molecule has 2 heterocycles. The summed E-state index contributed by atoms with van der Waals surface area (Å²) < 4.78 is 29.7. The summed E-state index contributed by atoms with van der Waals surface area (Å²) in [4.78, 5) is 18.2. The molecule has 0 atom stereocenters. The Hall–Kier alpha value is -3.00. The van der Waals surface area contributed by atoms with E-state index in [1.54, 1.807) is 24.3 Å². The summed E-state index contributed by atoms with van der Waals surface area (Å²) in [5.74, 6) is -0.761. The highest BCUT2D eigenvalue weighted by Gasteiger charge is 2.19. The van der Waals surface area contributed by atoms with Crippen molar-refractivity contribution in [1.82, 2.24) is 9.88 Å². The minimum atomic E-state index is -0.681. The first kappa shape index (κ1) is 22.2. The van der Waals surface area contributed by atoms with Crippen LogP contribution >= 0.6 is 15.9 Å². The van der Waals surface area contributed by atoms with Crippen LogP contribution in [0.15, 0.2) is 53.0 Å². The molecule has 5 nitrogen and oxygen atoms in total. The third-order valence-corrected chi connectivity index (χ3v) is 5.89. The quantitative estimate of drug-likeness (QED) is 0.414. The molecule has 1 saturated heterocycles. The van der Waals surface area contributed by atoms with Crippen molar-refractivity contribution >= 4 is 27.7 Å². The summed E-state index contributed by atoms with van der Waals surface area (Å²) in [5, 5.41) is 13.5. The Morgan fingerprint density at radius 1 is 1.12 bits per heavy atom. The van der Waals surface area contributed by atoms with Gasteiger partial charge in [0.1, 0.15) is 23.2 Å². The van der Waals surface area contributed by atoms with E-state index in [9.17, 15) is 18.7 Å². The van der Waals surface area contributed by atoms with Crippen molar-refractivity contribution in [2.24, 2.45) is 0 Å². The summed E-state index contributed by atoms with van der Waals surface area (Å²) >= 11 is 3.38. The highest BCUT2D eigenvalue weighted by atomic mass is 79.9. The summed E-state index contributed by atoms with van der Waals surface area (Å²) in [6.07, 6.45) is 2.21. The molecular formula is C24H22BrF2N3O2. The van der Waals surface area contributed by atoms with Crippen molar-refractivity contribution in [3.8, 4) is 28.1 Å². The molecule has 1 fully saturated rings. The minimum absolute atomic E-state index is 0.00495. The lowest BCUT2D eigenvalue weighted by atomic mass is 10.0. The molecular weight excluding hydrogens is 480 g/mol. The van der Waals surface area contributed by atoms with E-state index in [2.05, 4.69) is 26.2 Å². The number of aromatic hydroxyl groups is 1. The number of phenolic OH excluding ortho intramolecular Hbond substituents is 1. The number of carbonyl (C=O) groups is 1. The van der Waals surface area contributed by atoms with Crippen molar-refractivity contribution in [3.63, 3.8) is 0 Å². The second-order valence-electron chi connectivity index (χ2n) is 7.65. The topological polar surface area (TPSA) is 65.5 Å². The minimum Gasteiger partial charge on any atom is -0.507 e. The maximum absolute atomic E-state index is 14.5. The number of halogens is 3. The van der Waals surface area contributed by atoms with Crippen molar-refractivity contribution < 1.29 is 18.7 Å². The van der Waals surface area contributed by atoms with E-state index in [4.69, 9.17) is 0 Å². The monoisotopic (exact) mass is 501 g/mol. The van der Waals surface area contributed by atoms with Gasteiger partial charge in [-0.1, -0.05) is 22.0 Å². The zero-order valence-corrected chi connectivity index (χ0v) is 18.8. The van der Waals surface area contributed by atoms with Crippen LogP contribution in [0.2, 0.25) is 0 Å². The number of hydrogen-bond donors (Lipinski definition) is 2. The number of anilines is 1. The van der Waals surface area contributed by atoms with E-state index >= 15 is 0 Å². The number of benzene rings is 2. The molecule has 8 heteroatoms. The summed E-state index contributed by atoms with van der Waals surface area (Å²) in [7, 11) is 0. The molecule has 32 heavy (non-hydrogen) atoms. The number of pyridine rings is 1. The second kappa shape index (κ2) is 9.65. The molecule has 1 amide bonds. The number of rotatable bonds is 7.